The van der Waals surface area contributed by atoms with E-state index in [2.05, 4.69) is 6.07 Å². The Morgan fingerprint density at radius 2 is 0.732 bits per heavy atom. The van der Waals surface area contributed by atoms with Crippen molar-refractivity contribution in [3.8, 4) is 63.2 Å². The molecule has 11 N–H and O–H groups in total. The number of aryl methyl sites for hydroxylation is 5. The molecule has 82 heavy (non-hydrogen) atoms. The van der Waals surface area contributed by atoms with Crippen LogP contribution in [-0.4, -0.2) is 56.2 Å². The van der Waals surface area contributed by atoms with E-state index in [0.29, 0.717) is 52.2 Å². The van der Waals surface area contributed by atoms with Gasteiger partial charge in [0.15, 0.2) is 34.6 Å². The Bertz CT molecular complexity index is 2940. The summed E-state index contributed by atoms with van der Waals surface area (Å²) in [7, 11) is 0. The molecule has 0 saturated carbocycles. The monoisotopic (exact) mass is 1230 g/mol. The molecule has 9 aromatic rings. The lowest BCUT2D eigenvalue weighted by molar-refractivity contribution is 0.399. The van der Waals surface area contributed by atoms with Crippen LogP contribution in [-0.2, 0) is 0 Å². The number of phenolic OH excluding ortho intramolecular Hbond substituents is 11. The number of aromatic hydroxyl groups is 11. The first kappa shape index (κ1) is 69.7. The van der Waals surface area contributed by atoms with E-state index in [9.17, 15) is 45.3 Å². The van der Waals surface area contributed by atoms with Gasteiger partial charge in [-0.25, -0.2) is 26.3 Å². The van der Waals surface area contributed by atoms with Crippen molar-refractivity contribution in [3.63, 3.8) is 0 Å². The number of phenols is 11. The Hall–Kier alpha value is -8.36. The molecule has 0 aliphatic rings. The van der Waals surface area contributed by atoms with Crippen molar-refractivity contribution >= 4 is 57.2 Å². The summed E-state index contributed by atoms with van der Waals surface area (Å²) in [5.41, 5.74) is 6.29. The van der Waals surface area contributed by atoms with E-state index in [4.69, 9.17) is 92.4 Å². The summed E-state index contributed by atoms with van der Waals surface area (Å²) in [6.07, 6.45) is 0. The molecule has 9 rings (SSSR count). The predicted octanol–water partition coefficient (Wildman–Crippen LogP) is 17.3. The first-order valence-corrected chi connectivity index (χ1v) is 24.6. The van der Waals surface area contributed by atoms with E-state index in [-0.39, 0.29) is 50.3 Å². The van der Waals surface area contributed by atoms with Gasteiger partial charge in [-0.15, -0.1) is 0 Å². The lowest BCUT2D eigenvalue weighted by atomic mass is 10.1. The van der Waals surface area contributed by atoms with Crippen molar-refractivity contribution in [3.05, 3.63) is 227 Å². The van der Waals surface area contributed by atoms with Crippen molar-refractivity contribution in [1.29, 1.82) is 0 Å². The molecule has 0 heterocycles. The molecular formula is C59H52Cl4F8O11. The summed E-state index contributed by atoms with van der Waals surface area (Å²) in [5.74, 6) is -11.3. The van der Waals surface area contributed by atoms with Gasteiger partial charge in [0.1, 0.15) is 73.6 Å². The van der Waals surface area contributed by atoms with Crippen LogP contribution in [0.1, 0.15) is 38.9 Å². The van der Waals surface area contributed by atoms with Crippen LogP contribution in [0, 0.1) is 95.0 Å². The van der Waals surface area contributed by atoms with Crippen molar-refractivity contribution < 1.29 is 91.3 Å². The molecule has 9 aromatic carbocycles. The number of hydrogen-bond acceptors (Lipinski definition) is 11. The van der Waals surface area contributed by atoms with Crippen LogP contribution in [0.3, 0.4) is 0 Å². The van der Waals surface area contributed by atoms with Gasteiger partial charge in [-0.05, 0) is 124 Å². The van der Waals surface area contributed by atoms with Crippen molar-refractivity contribution in [2.45, 2.75) is 48.5 Å². The SMILES string of the molecule is Cc1cc(C)c(C)c(O)c1.Cc1cc(C)c(O)c(O)c1.Cc1cc(O)c(C)c(O)c1.Oc1cc(Cl)cc(Cl)c1Cl.Oc1cc(F)cc(F)c1Cl.Oc1cc(F)cc(F)c1F.Oc1cc(F)cc(F)c1F.Oc1cc(O)c2ccccc2c1. The lowest BCUT2D eigenvalue weighted by Crippen LogP contribution is -1.85. The fourth-order valence-corrected chi connectivity index (χ4v) is 6.92. The summed E-state index contributed by atoms with van der Waals surface area (Å²) in [5, 5.41) is 101. The predicted molar refractivity (Wildman–Crippen MR) is 300 cm³/mol. The Morgan fingerprint density at radius 1 is 0.329 bits per heavy atom. The second kappa shape index (κ2) is 32.2. The van der Waals surface area contributed by atoms with Crippen molar-refractivity contribution in [1.82, 2.24) is 0 Å². The first-order valence-electron chi connectivity index (χ1n) is 23.0. The highest BCUT2D eigenvalue weighted by Crippen LogP contribution is 2.35. The standard InChI is InChI=1S/C10H8O2.C9H12O.2C8H10O2.C6H3Cl3O.C6H3ClF2O.2C6H3F3O/c11-8-5-7-3-1-2-4-9(7)10(12)6-8;1-6-4-7(2)8(3)9(10)5-6;1-5-3-7(9)6(2)8(10)4-5;1-5-3-6(2)8(10)7(9)4-5;7-3-1-4(8)6(9)5(10)2-3;7-6-4(9)1-3(8)2-5(6)10;2*7-3-1-4(8)6(9)5(10)2-3/h1-6,11-12H;4-5,10H,1-3H3;2*3-4,9-10H,1-2H3;4*1-2,10H. The smallest absolute Gasteiger partial charge is 0.200 e. The van der Waals surface area contributed by atoms with Gasteiger partial charge in [-0.3, -0.25) is 0 Å². The Labute approximate surface area is 484 Å². The highest BCUT2D eigenvalue weighted by molar-refractivity contribution is 6.44. The van der Waals surface area contributed by atoms with Gasteiger partial charge in [0.2, 0.25) is 11.6 Å². The summed E-state index contributed by atoms with van der Waals surface area (Å²) >= 11 is 21.7. The molecule has 0 fully saturated rings. The third-order valence-corrected chi connectivity index (χ3v) is 11.8. The average molecular weight is 1230 g/mol. The molecule has 438 valence electrons. The number of rotatable bonds is 0. The number of fused-ring (bicyclic) bond motifs is 1. The lowest BCUT2D eigenvalue weighted by Gasteiger charge is -2.03. The summed E-state index contributed by atoms with van der Waals surface area (Å²) in [6.45, 7) is 13.0. The minimum atomic E-state index is -1.43. The fraction of sp³-hybridized carbons (Fsp3) is 0.119. The molecule has 0 amide bonds. The minimum Gasteiger partial charge on any atom is -0.508 e. The molecule has 0 bridgehead atoms. The van der Waals surface area contributed by atoms with E-state index < -0.39 is 68.8 Å². The molecular weight excluding hydrogens is 1180 g/mol. The van der Waals surface area contributed by atoms with E-state index in [0.717, 1.165) is 44.7 Å². The molecule has 0 aliphatic carbocycles. The number of hydrogen-bond donors (Lipinski definition) is 11. The Kier molecular flexibility index (Phi) is 27.4. The molecule has 0 atom stereocenters. The van der Waals surface area contributed by atoms with Gasteiger partial charge in [0, 0.05) is 64.5 Å². The van der Waals surface area contributed by atoms with Crippen LogP contribution in [0.15, 0.2) is 121 Å². The Balaban J connectivity index is 0.000000320. The van der Waals surface area contributed by atoms with Gasteiger partial charge in [-0.1, -0.05) is 82.8 Å². The molecule has 23 heteroatoms. The van der Waals surface area contributed by atoms with Crippen LogP contribution in [0.5, 0.6) is 63.2 Å². The third kappa shape index (κ3) is 22.3. The van der Waals surface area contributed by atoms with Gasteiger partial charge in [0.25, 0.3) is 0 Å². The molecule has 0 unspecified atom stereocenters. The molecule has 11 nitrogen and oxygen atoms in total. The van der Waals surface area contributed by atoms with Crippen LogP contribution in [0.2, 0.25) is 20.1 Å². The van der Waals surface area contributed by atoms with Crippen molar-refractivity contribution in [2.24, 2.45) is 0 Å². The topological polar surface area (TPSA) is 223 Å². The summed E-state index contributed by atoms with van der Waals surface area (Å²) in [6, 6.07) is 26.6. The minimum absolute atomic E-state index is 0.0226. The molecule has 0 saturated heterocycles. The second-order valence-electron chi connectivity index (χ2n) is 17.2. The molecule has 0 spiro atoms. The largest absolute Gasteiger partial charge is 0.508 e. The first-order chi connectivity index (χ1) is 38.0. The number of benzene rings is 9. The van der Waals surface area contributed by atoms with Gasteiger partial charge in [-0.2, -0.15) is 8.78 Å². The number of halogens is 12. The van der Waals surface area contributed by atoms with Crippen LogP contribution in [0.4, 0.5) is 35.1 Å². The van der Waals surface area contributed by atoms with E-state index in [1.165, 1.54) is 24.3 Å². The van der Waals surface area contributed by atoms with E-state index in [1.807, 2.05) is 65.0 Å². The maximum atomic E-state index is 12.3. The van der Waals surface area contributed by atoms with Crippen LogP contribution in [0.25, 0.3) is 10.8 Å². The van der Waals surface area contributed by atoms with Gasteiger partial charge >= 0.3 is 0 Å². The zero-order valence-electron chi connectivity index (χ0n) is 44.0. The normalized spacial score (nSPS) is 9.94. The third-order valence-electron chi connectivity index (χ3n) is 10.4. The summed E-state index contributed by atoms with van der Waals surface area (Å²) in [4.78, 5) is 0. The summed E-state index contributed by atoms with van der Waals surface area (Å²) < 4.78 is 96.9. The zero-order valence-corrected chi connectivity index (χ0v) is 47.0. The highest BCUT2D eigenvalue weighted by Gasteiger charge is 2.11. The maximum Gasteiger partial charge on any atom is 0.200 e. The molecule has 0 aliphatic heterocycles. The van der Waals surface area contributed by atoms with Crippen molar-refractivity contribution in [2.75, 3.05) is 0 Å². The second-order valence-corrected chi connectivity index (χ2v) is 18.8. The van der Waals surface area contributed by atoms with Gasteiger partial charge < -0.3 is 56.2 Å². The van der Waals surface area contributed by atoms with Crippen LogP contribution < -0.4 is 0 Å². The van der Waals surface area contributed by atoms with Crippen LogP contribution >= 0.6 is 46.4 Å². The highest BCUT2D eigenvalue weighted by atomic mass is 35.5. The zero-order chi connectivity index (χ0) is 62.6. The van der Waals surface area contributed by atoms with Gasteiger partial charge in [0.05, 0.1) is 5.02 Å². The van der Waals surface area contributed by atoms with E-state index >= 15 is 0 Å². The van der Waals surface area contributed by atoms with E-state index in [1.54, 1.807) is 38.1 Å². The Morgan fingerprint density at radius 3 is 1.17 bits per heavy atom. The maximum absolute atomic E-state index is 12.3. The fourth-order valence-electron chi connectivity index (χ4n) is 6.22. The molecule has 0 radical (unpaired) electrons. The average Bonchev–Trinajstić information content (AvgIpc) is 3.48. The molecule has 0 aromatic heterocycles. The quantitative estimate of drug-likeness (QED) is 0.0389.